The molecule has 1 aliphatic carbocycles. The number of aryl methyl sites for hydroxylation is 2. The van der Waals surface area contributed by atoms with Gasteiger partial charge >= 0.3 is 0 Å². The van der Waals surface area contributed by atoms with Crippen LogP contribution in [0.4, 0.5) is 0 Å². The summed E-state index contributed by atoms with van der Waals surface area (Å²) in [5.41, 5.74) is 3.30. The Labute approximate surface area is 185 Å². The largest absolute Gasteiger partial charge is 0.351 e. The molecular formula is C24H26N6O2. The predicted molar refractivity (Wildman–Crippen MR) is 122 cm³/mol. The maximum Gasteiger partial charge on any atom is 0.267 e. The number of nitrogens with zero attached hydrogens (tertiary/aromatic N) is 4. The molecule has 3 aromatic heterocycles. The third-order valence-electron chi connectivity index (χ3n) is 6.19. The van der Waals surface area contributed by atoms with Crippen molar-refractivity contribution >= 4 is 16.8 Å². The van der Waals surface area contributed by atoms with Gasteiger partial charge in [-0.3, -0.25) is 9.59 Å². The van der Waals surface area contributed by atoms with Crippen LogP contribution in [0.3, 0.4) is 0 Å². The predicted octanol–water partition coefficient (Wildman–Crippen LogP) is 3.44. The number of hydrogen-bond acceptors (Lipinski definition) is 4. The number of para-hydroxylation sites is 1. The number of carbonyl (C=O) groups is 1. The summed E-state index contributed by atoms with van der Waals surface area (Å²) in [4.78, 5) is 28.4. The zero-order chi connectivity index (χ0) is 22.2. The number of benzene rings is 1. The Morgan fingerprint density at radius 3 is 2.53 bits per heavy atom. The summed E-state index contributed by atoms with van der Waals surface area (Å²) in [5, 5.41) is 13.2. The van der Waals surface area contributed by atoms with Crippen LogP contribution in [0, 0.1) is 13.8 Å². The van der Waals surface area contributed by atoms with Crippen molar-refractivity contribution in [1.82, 2.24) is 29.9 Å². The molecule has 1 fully saturated rings. The zero-order valence-corrected chi connectivity index (χ0v) is 18.2. The van der Waals surface area contributed by atoms with Gasteiger partial charge in [0.05, 0.1) is 11.7 Å². The normalized spacial score (nSPS) is 18.7. The van der Waals surface area contributed by atoms with Gasteiger partial charge in [0.2, 0.25) is 0 Å². The van der Waals surface area contributed by atoms with Crippen LogP contribution in [-0.4, -0.2) is 36.5 Å². The lowest BCUT2D eigenvalue weighted by molar-refractivity contribution is 0.0917. The Morgan fingerprint density at radius 1 is 1.03 bits per heavy atom. The number of aromatic nitrogens is 5. The highest BCUT2D eigenvalue weighted by Crippen LogP contribution is 2.27. The lowest BCUT2D eigenvalue weighted by Crippen LogP contribution is -2.39. The molecule has 1 amide bonds. The van der Waals surface area contributed by atoms with E-state index in [1.807, 2.05) is 50.2 Å². The quantitative estimate of drug-likeness (QED) is 0.518. The highest BCUT2D eigenvalue weighted by molar-refractivity contribution is 5.98. The van der Waals surface area contributed by atoms with E-state index in [2.05, 4.69) is 20.5 Å². The van der Waals surface area contributed by atoms with Crippen molar-refractivity contribution in [3.8, 4) is 5.82 Å². The number of carbonyl (C=O) groups excluding carboxylic acids is 1. The molecule has 0 radical (unpaired) electrons. The second kappa shape index (κ2) is 8.11. The molecule has 1 aliphatic rings. The SMILES string of the molecule is Cc1cc(C)n(-c2ccc(=O)n(C3CCC(NC(=O)c4cc5ccccc5[nH]4)CC3)n2)n1. The Bertz CT molecular complexity index is 1310. The summed E-state index contributed by atoms with van der Waals surface area (Å²) in [7, 11) is 0. The summed E-state index contributed by atoms with van der Waals surface area (Å²) in [6.45, 7) is 3.91. The molecule has 3 heterocycles. The second-order valence-corrected chi connectivity index (χ2v) is 8.56. The highest BCUT2D eigenvalue weighted by atomic mass is 16.2. The van der Waals surface area contributed by atoms with Crippen molar-refractivity contribution in [2.45, 2.75) is 51.6 Å². The number of amides is 1. The van der Waals surface area contributed by atoms with Crippen molar-refractivity contribution in [2.24, 2.45) is 0 Å². The van der Waals surface area contributed by atoms with Gasteiger partial charge in [-0.05, 0) is 63.8 Å². The molecule has 0 saturated heterocycles. The van der Waals surface area contributed by atoms with E-state index >= 15 is 0 Å². The monoisotopic (exact) mass is 430 g/mol. The molecule has 8 nitrogen and oxygen atoms in total. The zero-order valence-electron chi connectivity index (χ0n) is 18.2. The minimum atomic E-state index is -0.110. The summed E-state index contributed by atoms with van der Waals surface area (Å²) in [5.74, 6) is 0.552. The van der Waals surface area contributed by atoms with E-state index in [0.717, 1.165) is 48.0 Å². The number of aromatic amines is 1. The van der Waals surface area contributed by atoms with E-state index < -0.39 is 0 Å². The van der Waals surface area contributed by atoms with Crippen molar-refractivity contribution in [2.75, 3.05) is 0 Å². The Kier molecular flexibility index (Phi) is 5.13. The van der Waals surface area contributed by atoms with Crippen LogP contribution >= 0.6 is 0 Å². The van der Waals surface area contributed by atoms with Crippen LogP contribution in [0.15, 0.2) is 53.3 Å². The first-order valence-electron chi connectivity index (χ1n) is 11.0. The van der Waals surface area contributed by atoms with E-state index in [9.17, 15) is 9.59 Å². The number of hydrogen-bond donors (Lipinski definition) is 2. The maximum absolute atomic E-state index is 12.7. The summed E-state index contributed by atoms with van der Waals surface area (Å²) in [6, 6.07) is 15.1. The molecule has 32 heavy (non-hydrogen) atoms. The van der Waals surface area contributed by atoms with Crippen LogP contribution in [0.5, 0.6) is 0 Å². The van der Waals surface area contributed by atoms with Crippen molar-refractivity contribution in [3.05, 3.63) is 76.0 Å². The van der Waals surface area contributed by atoms with Gasteiger partial charge in [-0.1, -0.05) is 18.2 Å². The van der Waals surface area contributed by atoms with E-state index in [1.54, 1.807) is 21.5 Å². The molecule has 0 unspecified atom stereocenters. The molecule has 1 aromatic carbocycles. The molecule has 8 heteroatoms. The molecule has 2 N–H and O–H groups in total. The van der Waals surface area contributed by atoms with E-state index in [4.69, 9.17) is 0 Å². The smallest absolute Gasteiger partial charge is 0.267 e. The fourth-order valence-corrected chi connectivity index (χ4v) is 4.57. The van der Waals surface area contributed by atoms with E-state index in [-0.39, 0.29) is 23.6 Å². The number of nitrogens with one attached hydrogen (secondary N) is 2. The maximum atomic E-state index is 12.7. The number of H-pyrrole nitrogens is 1. The van der Waals surface area contributed by atoms with Gasteiger partial charge in [0.25, 0.3) is 11.5 Å². The minimum Gasteiger partial charge on any atom is -0.351 e. The third kappa shape index (κ3) is 3.84. The van der Waals surface area contributed by atoms with E-state index in [0.29, 0.717) is 11.5 Å². The fraction of sp³-hybridized carbons (Fsp3) is 0.333. The second-order valence-electron chi connectivity index (χ2n) is 8.56. The first-order chi connectivity index (χ1) is 15.5. The lowest BCUT2D eigenvalue weighted by Gasteiger charge is -2.29. The molecule has 164 valence electrons. The third-order valence-corrected chi connectivity index (χ3v) is 6.19. The summed E-state index contributed by atoms with van der Waals surface area (Å²) < 4.78 is 3.35. The molecule has 0 spiro atoms. The summed E-state index contributed by atoms with van der Waals surface area (Å²) >= 11 is 0. The standard InChI is InChI=1S/C24H26N6O2/c1-15-13-16(2)29(27-15)22-11-12-23(31)30(28-22)19-9-7-18(8-10-19)25-24(32)21-14-17-5-3-4-6-20(17)26-21/h3-6,11-14,18-19,26H,7-10H2,1-2H3,(H,25,32). The van der Waals surface area contributed by atoms with Gasteiger partial charge in [0.15, 0.2) is 5.82 Å². The molecular weight excluding hydrogens is 404 g/mol. The first kappa shape index (κ1) is 20.2. The summed E-state index contributed by atoms with van der Waals surface area (Å²) in [6.07, 6.45) is 3.17. The fourth-order valence-electron chi connectivity index (χ4n) is 4.57. The lowest BCUT2D eigenvalue weighted by atomic mass is 9.91. The molecule has 0 bridgehead atoms. The highest BCUT2D eigenvalue weighted by Gasteiger charge is 2.26. The van der Waals surface area contributed by atoms with E-state index in [1.165, 1.54) is 0 Å². The van der Waals surface area contributed by atoms with Gasteiger partial charge in [-0.2, -0.15) is 5.10 Å². The molecule has 1 saturated carbocycles. The van der Waals surface area contributed by atoms with Crippen LogP contribution in [-0.2, 0) is 0 Å². The van der Waals surface area contributed by atoms with Gasteiger partial charge in [-0.15, -0.1) is 5.10 Å². The molecule has 4 aromatic rings. The van der Waals surface area contributed by atoms with Gasteiger partial charge in [0, 0.05) is 28.7 Å². The van der Waals surface area contributed by atoms with Gasteiger partial charge in [0.1, 0.15) is 5.69 Å². The minimum absolute atomic E-state index is 0.0145. The topological polar surface area (TPSA) is 97.6 Å². The number of fused-ring (bicyclic) bond motifs is 1. The molecule has 0 atom stereocenters. The van der Waals surface area contributed by atoms with Crippen molar-refractivity contribution in [1.29, 1.82) is 0 Å². The average molecular weight is 431 g/mol. The first-order valence-corrected chi connectivity index (χ1v) is 11.0. The van der Waals surface area contributed by atoms with Crippen LogP contribution in [0.2, 0.25) is 0 Å². The number of rotatable bonds is 4. The van der Waals surface area contributed by atoms with Gasteiger partial charge in [-0.25, -0.2) is 9.36 Å². The van der Waals surface area contributed by atoms with Crippen molar-refractivity contribution < 1.29 is 4.79 Å². The average Bonchev–Trinajstić information content (AvgIpc) is 3.37. The van der Waals surface area contributed by atoms with Crippen molar-refractivity contribution in [3.63, 3.8) is 0 Å². The molecule has 0 aliphatic heterocycles. The Morgan fingerprint density at radius 2 is 1.81 bits per heavy atom. The Hall–Kier alpha value is -3.68. The van der Waals surface area contributed by atoms with Crippen LogP contribution in [0.1, 0.15) is 53.6 Å². The Balaban J connectivity index is 1.26. The van der Waals surface area contributed by atoms with Crippen LogP contribution < -0.4 is 10.9 Å². The molecule has 5 rings (SSSR count). The van der Waals surface area contributed by atoms with Gasteiger partial charge < -0.3 is 10.3 Å². The van der Waals surface area contributed by atoms with Crippen LogP contribution in [0.25, 0.3) is 16.7 Å².